The van der Waals surface area contributed by atoms with Crippen LogP contribution in [-0.4, -0.2) is 35.2 Å². The summed E-state index contributed by atoms with van der Waals surface area (Å²) in [5, 5.41) is 16.7. The summed E-state index contributed by atoms with van der Waals surface area (Å²) in [5.41, 5.74) is 1.72. The fourth-order valence-electron chi connectivity index (χ4n) is 3.76. The fourth-order valence-corrected chi connectivity index (χ4v) is 4.90. The number of carboxylic acids is 1. The molecule has 0 bridgehead atoms. The minimum Gasteiger partial charge on any atom is -0.476 e. The van der Waals surface area contributed by atoms with Gasteiger partial charge in [-0.3, -0.25) is 4.79 Å². The quantitative estimate of drug-likeness (QED) is 0.228. The van der Waals surface area contributed by atoms with Crippen molar-refractivity contribution in [1.29, 1.82) is 0 Å². The molecule has 2 aromatic carbocycles. The first-order valence-corrected chi connectivity index (χ1v) is 14.0. The van der Waals surface area contributed by atoms with E-state index < -0.39 is 16.0 Å². The van der Waals surface area contributed by atoms with E-state index in [-0.39, 0.29) is 51.8 Å². The number of carboxylic acid groups (broad SMARTS) is 1. The number of nitrogens with one attached hydrogen (secondary N) is 2. The number of aromatic carboxylic acids is 1. The van der Waals surface area contributed by atoms with E-state index in [2.05, 4.69) is 15.1 Å². The molecule has 0 aliphatic rings. The summed E-state index contributed by atoms with van der Waals surface area (Å²) in [7, 11) is -4.21. The lowest BCUT2D eigenvalue weighted by molar-refractivity contribution is -0.119. The Balaban J connectivity index is 1.80. The lowest BCUT2D eigenvalue weighted by Gasteiger charge is -2.16. The Kier molecular flexibility index (Phi) is 8.40. The van der Waals surface area contributed by atoms with Gasteiger partial charge in [0.2, 0.25) is 21.8 Å². The Bertz CT molecular complexity index is 1630. The van der Waals surface area contributed by atoms with Gasteiger partial charge in [0.15, 0.2) is 5.69 Å². The van der Waals surface area contributed by atoms with Crippen molar-refractivity contribution in [3.05, 3.63) is 83.4 Å². The second-order valence-corrected chi connectivity index (χ2v) is 11.0. The Morgan fingerprint density at radius 1 is 1.12 bits per heavy atom. The molecule has 210 valence electrons. The number of aromatic nitrogens is 2. The molecule has 4 aromatic rings. The van der Waals surface area contributed by atoms with Crippen LogP contribution < -0.4 is 14.8 Å². The highest BCUT2D eigenvalue weighted by Gasteiger charge is 2.27. The number of carbonyl (C=O) groups excluding carboxylic acids is 1. The highest BCUT2D eigenvalue weighted by Crippen LogP contribution is 2.35. The van der Waals surface area contributed by atoms with Crippen molar-refractivity contribution in [2.45, 2.75) is 45.6 Å². The number of rotatable bonds is 11. The van der Waals surface area contributed by atoms with Crippen molar-refractivity contribution in [3.63, 3.8) is 0 Å². The van der Waals surface area contributed by atoms with Gasteiger partial charge in [0.05, 0.1) is 18.5 Å². The number of sulfonamides is 1. The van der Waals surface area contributed by atoms with Crippen molar-refractivity contribution >= 4 is 27.6 Å². The van der Waals surface area contributed by atoms with E-state index in [9.17, 15) is 23.1 Å². The molecular weight excluding hydrogens is 536 g/mol. The number of benzene rings is 2. The van der Waals surface area contributed by atoms with E-state index >= 15 is 0 Å². The van der Waals surface area contributed by atoms with E-state index in [4.69, 9.17) is 9.15 Å². The summed E-state index contributed by atoms with van der Waals surface area (Å²) in [6.07, 6.45) is 2.04. The molecule has 11 nitrogen and oxygen atoms in total. The zero-order chi connectivity index (χ0) is 29.0. The van der Waals surface area contributed by atoms with E-state index in [0.29, 0.717) is 17.9 Å². The number of hydrogen-bond acceptors (Lipinski definition) is 7. The first-order valence-electron chi connectivity index (χ1n) is 12.5. The molecule has 0 saturated heterocycles. The van der Waals surface area contributed by atoms with Crippen molar-refractivity contribution in [2.75, 3.05) is 5.32 Å². The van der Waals surface area contributed by atoms with Crippen LogP contribution in [-0.2, 0) is 21.4 Å². The average Bonchev–Trinajstić information content (AvgIpc) is 3.56. The van der Waals surface area contributed by atoms with E-state index in [0.717, 1.165) is 5.56 Å². The van der Waals surface area contributed by atoms with Crippen LogP contribution in [0.15, 0.2) is 70.2 Å². The van der Waals surface area contributed by atoms with Crippen molar-refractivity contribution in [3.8, 4) is 17.3 Å². The molecule has 2 aromatic heterocycles. The van der Waals surface area contributed by atoms with Crippen LogP contribution >= 0.6 is 0 Å². The van der Waals surface area contributed by atoms with Crippen molar-refractivity contribution in [1.82, 2.24) is 14.5 Å². The van der Waals surface area contributed by atoms with Gasteiger partial charge in [-0.15, -0.1) is 0 Å². The molecule has 0 radical (unpaired) electrons. The zero-order valence-corrected chi connectivity index (χ0v) is 23.3. The lowest BCUT2D eigenvalue weighted by Crippen LogP contribution is -2.24. The third-order valence-electron chi connectivity index (χ3n) is 6.33. The van der Waals surface area contributed by atoms with Gasteiger partial charge in [-0.2, -0.15) is 9.78 Å². The van der Waals surface area contributed by atoms with E-state index in [1.165, 1.54) is 36.1 Å². The molecule has 3 N–H and O–H groups in total. The summed E-state index contributed by atoms with van der Waals surface area (Å²) >= 11 is 0. The number of anilines is 1. The van der Waals surface area contributed by atoms with Gasteiger partial charge in [-0.25, -0.2) is 17.9 Å². The van der Waals surface area contributed by atoms with Gasteiger partial charge in [0.1, 0.15) is 16.4 Å². The van der Waals surface area contributed by atoms with Gasteiger partial charge in [-0.1, -0.05) is 31.5 Å². The highest BCUT2D eigenvalue weighted by atomic mass is 32.2. The molecule has 12 heteroatoms. The zero-order valence-electron chi connectivity index (χ0n) is 22.5. The Hall–Kier alpha value is -4.42. The third kappa shape index (κ3) is 6.24. The average molecular weight is 567 g/mol. The second kappa shape index (κ2) is 11.8. The number of aryl methyl sites for hydroxylation is 1. The van der Waals surface area contributed by atoms with E-state index in [1.807, 2.05) is 26.0 Å². The topological polar surface area (TPSA) is 153 Å². The maximum absolute atomic E-state index is 13.5. The Morgan fingerprint density at radius 2 is 1.85 bits per heavy atom. The molecule has 4 rings (SSSR count). The summed E-state index contributed by atoms with van der Waals surface area (Å²) in [5.74, 6) is -1.48. The highest BCUT2D eigenvalue weighted by molar-refractivity contribution is 7.89. The molecule has 0 aliphatic heterocycles. The maximum Gasteiger partial charge on any atom is 0.356 e. The normalized spacial score (nSPS) is 12.2. The second-order valence-electron chi connectivity index (χ2n) is 9.30. The Morgan fingerprint density at radius 3 is 2.48 bits per heavy atom. The first-order chi connectivity index (χ1) is 19.0. The number of amides is 1. The molecule has 0 spiro atoms. The van der Waals surface area contributed by atoms with E-state index in [1.54, 1.807) is 31.2 Å². The van der Waals surface area contributed by atoms with Gasteiger partial charge >= 0.3 is 5.97 Å². The Labute approximate surface area is 231 Å². The van der Waals surface area contributed by atoms with Gasteiger partial charge < -0.3 is 19.6 Å². The molecule has 0 fully saturated rings. The number of furan rings is 1. The molecule has 0 saturated carbocycles. The number of ether oxygens (including phenoxy) is 1. The SMILES string of the molecule is CC[C@@H](C)C(=O)Nc1ccc(Oc2c(C)c(C(=O)O)nn2-c2ccc(C)cc2)c(S(=O)(=O)NCc2ccco2)c1. The van der Waals surface area contributed by atoms with Gasteiger partial charge in [0.25, 0.3) is 0 Å². The number of hydrogen-bond donors (Lipinski definition) is 3. The summed E-state index contributed by atoms with van der Waals surface area (Å²) < 4.78 is 42.1. The van der Waals surface area contributed by atoms with Crippen LogP contribution in [0.25, 0.3) is 5.69 Å². The number of carbonyl (C=O) groups is 2. The fraction of sp³-hybridized carbons (Fsp3) is 0.250. The first kappa shape index (κ1) is 28.6. The lowest BCUT2D eigenvalue weighted by atomic mass is 10.1. The van der Waals surface area contributed by atoms with Crippen LogP contribution in [0.2, 0.25) is 0 Å². The molecule has 40 heavy (non-hydrogen) atoms. The van der Waals surface area contributed by atoms with Crippen molar-refractivity contribution in [2.24, 2.45) is 5.92 Å². The molecular formula is C28H30N4O7S. The van der Waals surface area contributed by atoms with Crippen LogP contribution in [0.4, 0.5) is 5.69 Å². The minimum atomic E-state index is -4.21. The van der Waals surface area contributed by atoms with Crippen LogP contribution in [0.3, 0.4) is 0 Å². The molecule has 0 unspecified atom stereocenters. The number of nitrogens with zero attached hydrogens (tertiary/aromatic N) is 2. The monoisotopic (exact) mass is 566 g/mol. The maximum atomic E-state index is 13.5. The largest absolute Gasteiger partial charge is 0.476 e. The molecule has 2 heterocycles. The van der Waals surface area contributed by atoms with Crippen LogP contribution in [0.1, 0.15) is 47.6 Å². The van der Waals surface area contributed by atoms with Crippen molar-refractivity contribution < 1.29 is 32.3 Å². The van der Waals surface area contributed by atoms with Crippen LogP contribution in [0, 0.1) is 19.8 Å². The molecule has 1 atom stereocenters. The smallest absolute Gasteiger partial charge is 0.356 e. The predicted molar refractivity (Wildman–Crippen MR) is 147 cm³/mol. The van der Waals surface area contributed by atoms with Gasteiger partial charge in [0, 0.05) is 17.2 Å². The molecule has 1 amide bonds. The van der Waals surface area contributed by atoms with Gasteiger partial charge in [-0.05, 0) is 62.7 Å². The van der Waals surface area contributed by atoms with Crippen LogP contribution in [0.5, 0.6) is 11.6 Å². The summed E-state index contributed by atoms with van der Waals surface area (Å²) in [6, 6.07) is 14.6. The molecule has 0 aliphatic carbocycles. The summed E-state index contributed by atoms with van der Waals surface area (Å²) in [4.78, 5) is 24.1. The predicted octanol–water partition coefficient (Wildman–Crippen LogP) is 5.04. The minimum absolute atomic E-state index is 0.0279. The third-order valence-corrected chi connectivity index (χ3v) is 7.76. The standard InChI is InChI=1S/C28H30N4O7S/c1-5-18(3)26(33)30-20-10-13-23(24(15-20)40(36,37)29-16-22-7-6-14-38-22)39-27-19(4)25(28(34)35)31-32(27)21-11-8-17(2)9-12-21/h6-15,18,29H,5,16H2,1-4H3,(H,30,33)(H,34,35)/t18-/m1/s1. The summed E-state index contributed by atoms with van der Waals surface area (Å²) in [6.45, 7) is 6.96.